The van der Waals surface area contributed by atoms with Crippen LogP contribution in [0, 0.1) is 0 Å². The molecule has 0 aliphatic heterocycles. The lowest BCUT2D eigenvalue weighted by Crippen LogP contribution is -2.24. The molecule has 1 atom stereocenters. The fourth-order valence-electron chi connectivity index (χ4n) is 4.27. The number of hydrogen-bond acceptors (Lipinski definition) is 3. The SMILES string of the molecule is CCCCOc1c(-c2ccccc2)cccc1C(C)(O)c1cccc(-c2ccccc2OC)c1. The fraction of sp³-hybridized carbons (Fsp3) is 0.226. The largest absolute Gasteiger partial charge is 0.496 e. The smallest absolute Gasteiger partial charge is 0.133 e. The number of methoxy groups -OCH3 is 1. The Balaban J connectivity index is 1.82. The maximum absolute atomic E-state index is 12.0. The molecule has 0 spiro atoms. The highest BCUT2D eigenvalue weighted by Gasteiger charge is 2.31. The molecule has 3 nitrogen and oxygen atoms in total. The molecule has 4 rings (SSSR count). The summed E-state index contributed by atoms with van der Waals surface area (Å²) in [5, 5.41) is 12.0. The van der Waals surface area contributed by atoms with Gasteiger partial charge in [-0.15, -0.1) is 0 Å². The van der Waals surface area contributed by atoms with Gasteiger partial charge in [0.05, 0.1) is 13.7 Å². The lowest BCUT2D eigenvalue weighted by molar-refractivity contribution is 0.0979. The molecule has 3 heteroatoms. The van der Waals surface area contributed by atoms with Crippen molar-refractivity contribution in [1.82, 2.24) is 0 Å². The van der Waals surface area contributed by atoms with Crippen LogP contribution in [-0.4, -0.2) is 18.8 Å². The molecule has 1 N–H and O–H groups in total. The van der Waals surface area contributed by atoms with Crippen LogP contribution in [-0.2, 0) is 5.60 Å². The molecule has 0 aliphatic rings. The lowest BCUT2D eigenvalue weighted by Gasteiger charge is -2.29. The molecule has 34 heavy (non-hydrogen) atoms. The van der Waals surface area contributed by atoms with Crippen LogP contribution in [0.1, 0.15) is 37.8 Å². The highest BCUT2D eigenvalue weighted by molar-refractivity contribution is 5.74. The van der Waals surface area contributed by atoms with E-state index in [1.165, 1.54) is 0 Å². The maximum Gasteiger partial charge on any atom is 0.133 e. The van der Waals surface area contributed by atoms with Crippen LogP contribution in [0.15, 0.2) is 97.1 Å². The van der Waals surface area contributed by atoms with Crippen molar-refractivity contribution in [2.45, 2.75) is 32.3 Å². The van der Waals surface area contributed by atoms with Gasteiger partial charge in [-0.1, -0.05) is 98.3 Å². The summed E-state index contributed by atoms with van der Waals surface area (Å²) in [5.41, 5.74) is 4.31. The number of ether oxygens (including phenoxy) is 2. The molecule has 0 heterocycles. The van der Waals surface area contributed by atoms with Crippen LogP contribution in [0.5, 0.6) is 11.5 Å². The molecular weight excluding hydrogens is 420 g/mol. The number of para-hydroxylation sites is 2. The van der Waals surface area contributed by atoms with Gasteiger partial charge in [-0.3, -0.25) is 0 Å². The Kier molecular flexibility index (Phi) is 7.34. The number of hydrogen-bond donors (Lipinski definition) is 1. The predicted molar refractivity (Wildman–Crippen MR) is 139 cm³/mol. The van der Waals surface area contributed by atoms with E-state index in [1.54, 1.807) is 7.11 Å². The molecule has 0 radical (unpaired) electrons. The van der Waals surface area contributed by atoms with E-state index >= 15 is 0 Å². The highest BCUT2D eigenvalue weighted by Crippen LogP contribution is 2.42. The van der Waals surface area contributed by atoms with Gasteiger partial charge in [-0.05, 0) is 42.2 Å². The van der Waals surface area contributed by atoms with Crippen molar-refractivity contribution in [3.05, 3.63) is 108 Å². The van der Waals surface area contributed by atoms with Gasteiger partial charge < -0.3 is 14.6 Å². The molecule has 0 bridgehead atoms. The minimum absolute atomic E-state index is 0.602. The Hall–Kier alpha value is -3.56. The van der Waals surface area contributed by atoms with E-state index in [0.717, 1.165) is 57.7 Å². The average molecular weight is 453 g/mol. The van der Waals surface area contributed by atoms with E-state index in [4.69, 9.17) is 9.47 Å². The number of unbranched alkanes of at least 4 members (excludes halogenated alkanes) is 1. The predicted octanol–water partition coefficient (Wildman–Crippen LogP) is 7.46. The van der Waals surface area contributed by atoms with Crippen molar-refractivity contribution in [2.75, 3.05) is 13.7 Å². The van der Waals surface area contributed by atoms with E-state index in [1.807, 2.05) is 85.8 Å². The van der Waals surface area contributed by atoms with Crippen LogP contribution in [0.2, 0.25) is 0 Å². The molecule has 0 aliphatic carbocycles. The summed E-state index contributed by atoms with van der Waals surface area (Å²) < 4.78 is 11.9. The van der Waals surface area contributed by atoms with Crippen molar-refractivity contribution in [3.63, 3.8) is 0 Å². The van der Waals surface area contributed by atoms with E-state index in [0.29, 0.717) is 6.61 Å². The van der Waals surface area contributed by atoms with Gasteiger partial charge in [-0.2, -0.15) is 0 Å². The van der Waals surface area contributed by atoms with Gasteiger partial charge in [0.2, 0.25) is 0 Å². The molecule has 4 aromatic carbocycles. The number of benzene rings is 4. The number of rotatable bonds is 9. The standard InChI is InChI=1S/C31H32O3/c1-4-5-21-34-30-27(23-13-7-6-8-14-23)18-12-19-28(30)31(2,32)25-16-11-15-24(22-25)26-17-9-10-20-29(26)33-3/h6-20,22,32H,4-5,21H2,1-3H3. The Bertz CT molecular complexity index is 1230. The Morgan fingerprint density at radius 1 is 0.765 bits per heavy atom. The second kappa shape index (κ2) is 10.6. The third-order valence-electron chi connectivity index (χ3n) is 6.21. The minimum atomic E-state index is -1.26. The van der Waals surface area contributed by atoms with E-state index in [9.17, 15) is 5.11 Å². The van der Waals surface area contributed by atoms with Crippen molar-refractivity contribution in [2.24, 2.45) is 0 Å². The van der Waals surface area contributed by atoms with Crippen LogP contribution in [0.25, 0.3) is 22.3 Å². The molecular formula is C31H32O3. The summed E-state index contributed by atoms with van der Waals surface area (Å²) in [6.07, 6.45) is 1.99. The van der Waals surface area contributed by atoms with Gasteiger partial charge >= 0.3 is 0 Å². The Morgan fingerprint density at radius 2 is 1.44 bits per heavy atom. The maximum atomic E-state index is 12.0. The summed E-state index contributed by atoms with van der Waals surface area (Å²) in [7, 11) is 1.67. The molecule has 0 saturated heterocycles. The normalized spacial score (nSPS) is 12.7. The van der Waals surface area contributed by atoms with Crippen LogP contribution < -0.4 is 9.47 Å². The molecule has 0 saturated carbocycles. The highest BCUT2D eigenvalue weighted by atomic mass is 16.5. The second-order valence-corrected chi connectivity index (χ2v) is 8.60. The second-order valence-electron chi connectivity index (χ2n) is 8.60. The molecule has 4 aromatic rings. The average Bonchev–Trinajstić information content (AvgIpc) is 2.89. The monoisotopic (exact) mass is 452 g/mol. The van der Waals surface area contributed by atoms with Crippen LogP contribution >= 0.6 is 0 Å². The zero-order chi connectivity index (χ0) is 24.0. The van der Waals surface area contributed by atoms with Crippen LogP contribution in [0.4, 0.5) is 0 Å². The third-order valence-corrected chi connectivity index (χ3v) is 6.21. The van der Waals surface area contributed by atoms with Crippen molar-refractivity contribution >= 4 is 0 Å². The quantitative estimate of drug-likeness (QED) is 0.268. The fourth-order valence-corrected chi connectivity index (χ4v) is 4.27. The third kappa shape index (κ3) is 4.85. The summed E-state index contributed by atoms with van der Waals surface area (Å²) in [4.78, 5) is 0. The minimum Gasteiger partial charge on any atom is -0.496 e. The molecule has 174 valence electrons. The van der Waals surface area contributed by atoms with Gasteiger partial charge in [0, 0.05) is 16.7 Å². The Labute approximate surface area is 202 Å². The van der Waals surface area contributed by atoms with Crippen molar-refractivity contribution in [1.29, 1.82) is 0 Å². The van der Waals surface area contributed by atoms with Crippen molar-refractivity contribution in [3.8, 4) is 33.8 Å². The van der Waals surface area contributed by atoms with Gasteiger partial charge in [-0.25, -0.2) is 0 Å². The van der Waals surface area contributed by atoms with E-state index < -0.39 is 5.60 Å². The first kappa shape index (κ1) is 23.6. The molecule has 0 aromatic heterocycles. The lowest BCUT2D eigenvalue weighted by atomic mass is 9.84. The summed E-state index contributed by atoms with van der Waals surface area (Å²) in [6, 6.07) is 32.1. The Morgan fingerprint density at radius 3 is 2.21 bits per heavy atom. The first-order valence-electron chi connectivity index (χ1n) is 11.8. The van der Waals surface area contributed by atoms with Gasteiger partial charge in [0.25, 0.3) is 0 Å². The molecule has 0 fully saturated rings. The molecule has 0 amide bonds. The van der Waals surface area contributed by atoms with Crippen molar-refractivity contribution < 1.29 is 14.6 Å². The van der Waals surface area contributed by atoms with Gasteiger partial charge in [0.15, 0.2) is 0 Å². The van der Waals surface area contributed by atoms with Gasteiger partial charge in [0.1, 0.15) is 17.1 Å². The zero-order valence-corrected chi connectivity index (χ0v) is 20.1. The summed E-state index contributed by atoms with van der Waals surface area (Å²) >= 11 is 0. The summed E-state index contributed by atoms with van der Waals surface area (Å²) in [5.74, 6) is 1.53. The summed E-state index contributed by atoms with van der Waals surface area (Å²) in [6.45, 7) is 4.59. The molecule has 1 unspecified atom stereocenters. The van der Waals surface area contributed by atoms with E-state index in [-0.39, 0.29) is 0 Å². The van der Waals surface area contributed by atoms with E-state index in [2.05, 4.69) is 25.1 Å². The number of aliphatic hydroxyl groups is 1. The van der Waals surface area contributed by atoms with Crippen LogP contribution in [0.3, 0.4) is 0 Å². The topological polar surface area (TPSA) is 38.7 Å². The first-order chi connectivity index (χ1) is 16.6. The first-order valence-corrected chi connectivity index (χ1v) is 11.8. The zero-order valence-electron chi connectivity index (χ0n) is 20.1.